The number of benzene rings is 1. The van der Waals surface area contributed by atoms with E-state index < -0.39 is 0 Å². The van der Waals surface area contributed by atoms with Crippen LogP contribution in [-0.4, -0.2) is 17.3 Å². The van der Waals surface area contributed by atoms with Crippen molar-refractivity contribution in [3.05, 3.63) is 33.9 Å². The van der Waals surface area contributed by atoms with E-state index in [0.29, 0.717) is 29.8 Å². The number of halogens is 1. The summed E-state index contributed by atoms with van der Waals surface area (Å²) in [5.74, 6) is 2.48. The van der Waals surface area contributed by atoms with E-state index in [9.17, 15) is 0 Å². The van der Waals surface area contributed by atoms with Crippen LogP contribution in [0.1, 0.15) is 37.0 Å². The molecule has 6 nitrogen and oxygen atoms in total. The predicted octanol–water partition coefficient (Wildman–Crippen LogP) is 3.00. The summed E-state index contributed by atoms with van der Waals surface area (Å²) in [7, 11) is 1.58. The second kappa shape index (κ2) is 6.91. The number of hydrogen-bond acceptors (Lipinski definition) is 6. The monoisotopic (exact) mass is 355 g/mol. The van der Waals surface area contributed by atoms with Gasteiger partial charge in [0.15, 0.2) is 18.1 Å². The smallest absolute Gasteiger partial charge is 0.229 e. The van der Waals surface area contributed by atoms with Crippen LogP contribution in [0, 0.1) is 0 Å². The molecule has 0 fully saturated rings. The molecule has 0 unspecified atom stereocenters. The van der Waals surface area contributed by atoms with Gasteiger partial charge in [-0.25, -0.2) is 0 Å². The first kappa shape index (κ1) is 15.8. The van der Waals surface area contributed by atoms with Crippen LogP contribution in [-0.2, 0) is 13.2 Å². The van der Waals surface area contributed by atoms with E-state index in [1.807, 2.05) is 26.0 Å². The maximum atomic E-state index is 5.74. The minimum absolute atomic E-state index is 0.191. The summed E-state index contributed by atoms with van der Waals surface area (Å²) in [6.45, 7) is 4.61. The predicted molar refractivity (Wildman–Crippen MR) is 81.3 cm³/mol. The van der Waals surface area contributed by atoms with Gasteiger partial charge >= 0.3 is 0 Å². The van der Waals surface area contributed by atoms with Crippen molar-refractivity contribution in [2.75, 3.05) is 7.11 Å². The van der Waals surface area contributed by atoms with Crippen LogP contribution in [0.25, 0.3) is 0 Å². The Labute approximate surface area is 131 Å². The van der Waals surface area contributed by atoms with Crippen molar-refractivity contribution in [3.63, 3.8) is 0 Å². The third-order valence-electron chi connectivity index (χ3n) is 2.85. The van der Waals surface area contributed by atoms with Crippen LogP contribution in [0.5, 0.6) is 11.5 Å². The van der Waals surface area contributed by atoms with Crippen LogP contribution >= 0.6 is 15.9 Å². The van der Waals surface area contributed by atoms with Gasteiger partial charge in [-0.15, -0.1) is 0 Å². The van der Waals surface area contributed by atoms with E-state index in [1.165, 1.54) is 0 Å². The number of nitrogens with zero attached hydrogens (tertiary/aromatic N) is 2. The van der Waals surface area contributed by atoms with Gasteiger partial charge in [0.1, 0.15) is 0 Å². The van der Waals surface area contributed by atoms with Gasteiger partial charge in [0.25, 0.3) is 0 Å². The minimum Gasteiger partial charge on any atom is -0.493 e. The van der Waals surface area contributed by atoms with Gasteiger partial charge in [0.2, 0.25) is 11.7 Å². The summed E-state index contributed by atoms with van der Waals surface area (Å²) in [5, 5.41) is 3.88. The highest BCUT2D eigenvalue weighted by Crippen LogP contribution is 2.37. The molecular weight excluding hydrogens is 338 g/mol. The average molecular weight is 356 g/mol. The summed E-state index contributed by atoms with van der Waals surface area (Å²) in [4.78, 5) is 4.26. The first-order valence-electron chi connectivity index (χ1n) is 6.57. The Morgan fingerprint density at radius 3 is 2.71 bits per heavy atom. The van der Waals surface area contributed by atoms with Gasteiger partial charge in [-0.05, 0) is 33.6 Å². The fourth-order valence-corrected chi connectivity index (χ4v) is 2.33. The lowest BCUT2D eigenvalue weighted by Gasteiger charge is -2.12. The maximum absolute atomic E-state index is 5.74. The van der Waals surface area contributed by atoms with Gasteiger partial charge in [-0.3, -0.25) is 0 Å². The number of hydrogen-bond donors (Lipinski definition) is 1. The molecule has 0 saturated carbocycles. The molecule has 2 aromatic rings. The fourth-order valence-electron chi connectivity index (χ4n) is 1.73. The lowest BCUT2D eigenvalue weighted by atomic mass is 10.2. The molecule has 0 bridgehead atoms. The first-order valence-corrected chi connectivity index (χ1v) is 7.36. The molecule has 1 heterocycles. The second-order valence-electron chi connectivity index (χ2n) is 4.81. The Balaban J connectivity index is 2.15. The third-order valence-corrected chi connectivity index (χ3v) is 3.44. The van der Waals surface area contributed by atoms with Crippen molar-refractivity contribution in [3.8, 4) is 11.5 Å². The molecule has 0 atom stereocenters. The zero-order valence-electron chi connectivity index (χ0n) is 12.2. The topological polar surface area (TPSA) is 83.4 Å². The van der Waals surface area contributed by atoms with Gasteiger partial charge in [0.05, 0.1) is 11.6 Å². The Kier molecular flexibility index (Phi) is 5.19. The largest absolute Gasteiger partial charge is 0.493 e. The van der Waals surface area contributed by atoms with E-state index in [1.54, 1.807) is 7.11 Å². The SMILES string of the molecule is COc1cc(CN)cc(Br)c1OCc1noc(C(C)C)n1. The molecule has 21 heavy (non-hydrogen) atoms. The molecule has 7 heteroatoms. The first-order chi connectivity index (χ1) is 10.0. The molecule has 0 spiro atoms. The van der Waals surface area contributed by atoms with Crippen molar-refractivity contribution in [2.24, 2.45) is 5.73 Å². The quantitative estimate of drug-likeness (QED) is 0.857. The molecular formula is C14H18BrN3O3. The van der Waals surface area contributed by atoms with Crippen molar-refractivity contribution < 1.29 is 14.0 Å². The molecule has 0 aliphatic heterocycles. The van der Waals surface area contributed by atoms with Crippen molar-refractivity contribution in [2.45, 2.75) is 32.9 Å². The van der Waals surface area contributed by atoms with Crippen LogP contribution in [0.15, 0.2) is 21.1 Å². The van der Waals surface area contributed by atoms with Crippen LogP contribution in [0.2, 0.25) is 0 Å². The lowest BCUT2D eigenvalue weighted by molar-refractivity contribution is 0.267. The number of ether oxygens (including phenoxy) is 2. The van der Waals surface area contributed by atoms with Crippen molar-refractivity contribution in [1.29, 1.82) is 0 Å². The molecule has 0 aliphatic rings. The summed E-state index contributed by atoms with van der Waals surface area (Å²) in [5.41, 5.74) is 6.59. The standard InChI is InChI=1S/C14H18BrN3O3/c1-8(2)14-17-12(18-21-14)7-20-13-10(15)4-9(6-16)5-11(13)19-3/h4-5,8H,6-7,16H2,1-3H3. The Hall–Kier alpha value is -1.60. The highest BCUT2D eigenvalue weighted by molar-refractivity contribution is 9.10. The normalized spacial score (nSPS) is 11.0. The molecule has 114 valence electrons. The number of methoxy groups -OCH3 is 1. The second-order valence-corrected chi connectivity index (χ2v) is 5.66. The van der Waals surface area contributed by atoms with Crippen LogP contribution in [0.4, 0.5) is 0 Å². The molecule has 0 amide bonds. The molecule has 0 aliphatic carbocycles. The summed E-state index contributed by atoms with van der Waals surface area (Å²) in [6, 6.07) is 3.74. The van der Waals surface area contributed by atoms with Crippen LogP contribution < -0.4 is 15.2 Å². The van der Waals surface area contributed by atoms with E-state index in [-0.39, 0.29) is 12.5 Å². The van der Waals surface area contributed by atoms with Crippen molar-refractivity contribution in [1.82, 2.24) is 10.1 Å². The minimum atomic E-state index is 0.191. The van der Waals surface area contributed by atoms with Gasteiger partial charge in [0, 0.05) is 12.5 Å². The Bertz CT molecular complexity index is 614. The highest BCUT2D eigenvalue weighted by Gasteiger charge is 2.14. The van der Waals surface area contributed by atoms with E-state index in [0.717, 1.165) is 10.0 Å². The molecule has 0 saturated heterocycles. The summed E-state index contributed by atoms with van der Waals surface area (Å²) < 4.78 is 17.0. The molecule has 1 aromatic heterocycles. The van der Waals surface area contributed by atoms with Crippen LogP contribution in [0.3, 0.4) is 0 Å². The molecule has 1 aromatic carbocycles. The molecule has 2 N–H and O–H groups in total. The van der Waals surface area contributed by atoms with Gasteiger partial charge in [-0.1, -0.05) is 19.0 Å². The van der Waals surface area contributed by atoms with Crippen molar-refractivity contribution >= 4 is 15.9 Å². The summed E-state index contributed by atoms with van der Waals surface area (Å²) in [6.07, 6.45) is 0. The number of nitrogens with two attached hydrogens (primary N) is 1. The Morgan fingerprint density at radius 1 is 1.38 bits per heavy atom. The highest BCUT2D eigenvalue weighted by atomic mass is 79.9. The summed E-state index contributed by atoms with van der Waals surface area (Å²) >= 11 is 3.46. The Morgan fingerprint density at radius 2 is 2.14 bits per heavy atom. The van der Waals surface area contributed by atoms with E-state index in [4.69, 9.17) is 19.7 Å². The zero-order chi connectivity index (χ0) is 15.4. The fraction of sp³-hybridized carbons (Fsp3) is 0.429. The number of rotatable bonds is 6. The lowest BCUT2D eigenvalue weighted by Crippen LogP contribution is -2.03. The third kappa shape index (κ3) is 3.74. The molecule has 2 rings (SSSR count). The average Bonchev–Trinajstić information content (AvgIpc) is 2.94. The van der Waals surface area contributed by atoms with E-state index in [2.05, 4.69) is 26.1 Å². The number of aromatic nitrogens is 2. The zero-order valence-corrected chi connectivity index (χ0v) is 13.8. The van der Waals surface area contributed by atoms with E-state index >= 15 is 0 Å². The van der Waals surface area contributed by atoms with Gasteiger partial charge in [-0.2, -0.15) is 4.98 Å². The maximum Gasteiger partial charge on any atom is 0.229 e. The van der Waals surface area contributed by atoms with Gasteiger partial charge < -0.3 is 19.7 Å². The molecule has 0 radical (unpaired) electrons.